The molecule has 0 amide bonds. The van der Waals surface area contributed by atoms with Crippen molar-refractivity contribution >= 4 is 17.7 Å². The molecule has 0 aromatic carbocycles. The second-order valence-corrected chi connectivity index (χ2v) is 11.2. The summed E-state index contributed by atoms with van der Waals surface area (Å²) < 4.78 is 5.39. The molecule has 0 fully saturated rings. The molecule has 1 aliphatic rings. The lowest BCUT2D eigenvalue weighted by Crippen LogP contribution is -2.34. The van der Waals surface area contributed by atoms with Crippen molar-refractivity contribution in [1.29, 1.82) is 0 Å². The summed E-state index contributed by atoms with van der Waals surface area (Å²) in [5.41, 5.74) is 3.63. The standard InChI is InChI=1S/C34H48O6/c1-10-29(14-15-30-24(5)13-16-32(37)40-30)20-25(6)23(4)12-11-21(2)17-26(7)33(38)28(9)34(39)27(8)18-22(3)19-31(35)36/h11-17,19-20,24-28,30,34,39H,4,10,18H2,1-3,5-9H3,(H,35,36)/b12-11+,15-14+,21-17+,22-19+,29-20-/t24-,25-,26+,27-,28+,30-,34+/m0/s1. The van der Waals surface area contributed by atoms with E-state index in [-0.39, 0.29) is 41.5 Å². The highest BCUT2D eigenvalue weighted by atomic mass is 16.5. The summed E-state index contributed by atoms with van der Waals surface area (Å²) in [6.45, 7) is 19.4. The van der Waals surface area contributed by atoms with Crippen molar-refractivity contribution in [2.75, 3.05) is 0 Å². The van der Waals surface area contributed by atoms with Gasteiger partial charge < -0.3 is 14.9 Å². The van der Waals surface area contributed by atoms with E-state index < -0.39 is 18.0 Å². The van der Waals surface area contributed by atoms with Gasteiger partial charge in [-0.2, -0.15) is 0 Å². The van der Waals surface area contributed by atoms with Crippen LogP contribution in [0.5, 0.6) is 0 Å². The van der Waals surface area contributed by atoms with Gasteiger partial charge in [-0.05, 0) is 50.2 Å². The highest BCUT2D eigenvalue weighted by Crippen LogP contribution is 2.24. The molecule has 0 bridgehead atoms. The van der Waals surface area contributed by atoms with Crippen LogP contribution in [-0.4, -0.2) is 40.1 Å². The predicted octanol–water partition coefficient (Wildman–Crippen LogP) is 6.95. The molecule has 0 spiro atoms. The molecule has 0 aromatic rings. The summed E-state index contributed by atoms with van der Waals surface area (Å²) in [7, 11) is 0. The van der Waals surface area contributed by atoms with E-state index in [1.54, 1.807) is 13.8 Å². The van der Waals surface area contributed by atoms with Crippen LogP contribution in [-0.2, 0) is 19.1 Å². The Balaban J connectivity index is 2.79. The normalized spacial score (nSPS) is 22.6. The van der Waals surface area contributed by atoms with Gasteiger partial charge in [0.1, 0.15) is 11.9 Å². The molecule has 1 heterocycles. The van der Waals surface area contributed by atoms with E-state index in [2.05, 4.69) is 26.5 Å². The number of aliphatic hydroxyl groups is 1. The number of esters is 1. The Kier molecular flexibility index (Phi) is 14.6. The maximum absolute atomic E-state index is 13.0. The largest absolute Gasteiger partial charge is 0.478 e. The maximum Gasteiger partial charge on any atom is 0.331 e. The smallest absolute Gasteiger partial charge is 0.331 e. The number of carbonyl (C=O) groups is 3. The minimum absolute atomic E-state index is 0.0603. The zero-order chi connectivity index (χ0) is 30.6. The SMILES string of the molecule is C=C(/C=C/C(C)=C/[C@@H](C)C(=O)[C@@H](C)[C@H](O)[C@@H](C)C/C(C)=C/C(=O)O)[C@@H](C)/C=C(\C=C\[C@@H]1OC(=O)C=C[C@@H]1C)CC. The fourth-order valence-electron chi connectivity index (χ4n) is 4.67. The van der Waals surface area contributed by atoms with Crippen molar-refractivity contribution in [3.05, 3.63) is 83.6 Å². The number of allylic oxidation sites excluding steroid dienone is 9. The fraction of sp³-hybridized carbons (Fsp3) is 0.500. The van der Waals surface area contributed by atoms with Gasteiger partial charge >= 0.3 is 11.9 Å². The summed E-state index contributed by atoms with van der Waals surface area (Å²) in [4.78, 5) is 35.4. The van der Waals surface area contributed by atoms with E-state index in [1.807, 2.05) is 64.2 Å². The van der Waals surface area contributed by atoms with Crippen LogP contribution in [0.3, 0.4) is 0 Å². The van der Waals surface area contributed by atoms with Gasteiger partial charge in [0.2, 0.25) is 0 Å². The first-order valence-electron chi connectivity index (χ1n) is 14.1. The van der Waals surface area contributed by atoms with Crippen LogP contribution in [0.1, 0.15) is 68.2 Å². The molecule has 0 aliphatic carbocycles. The highest BCUT2D eigenvalue weighted by molar-refractivity contribution is 5.85. The Morgan fingerprint density at radius 1 is 1.07 bits per heavy atom. The number of aliphatic hydroxyl groups excluding tert-OH is 1. The monoisotopic (exact) mass is 552 g/mol. The average molecular weight is 553 g/mol. The number of hydrogen-bond donors (Lipinski definition) is 2. The van der Waals surface area contributed by atoms with Gasteiger partial charge in [-0.3, -0.25) is 4.79 Å². The topological polar surface area (TPSA) is 101 Å². The predicted molar refractivity (Wildman–Crippen MR) is 161 cm³/mol. The Labute approximate surface area is 240 Å². The quantitative estimate of drug-likeness (QED) is 0.129. The molecular formula is C34H48O6. The van der Waals surface area contributed by atoms with E-state index in [0.29, 0.717) is 12.0 Å². The third-order valence-corrected chi connectivity index (χ3v) is 7.34. The van der Waals surface area contributed by atoms with Crippen LogP contribution < -0.4 is 0 Å². The molecule has 0 aromatic heterocycles. The zero-order valence-electron chi connectivity index (χ0n) is 25.4. The van der Waals surface area contributed by atoms with Gasteiger partial charge in [-0.1, -0.05) is 101 Å². The highest BCUT2D eigenvalue weighted by Gasteiger charge is 2.29. The van der Waals surface area contributed by atoms with Crippen molar-refractivity contribution in [3.8, 4) is 0 Å². The second-order valence-electron chi connectivity index (χ2n) is 11.2. The van der Waals surface area contributed by atoms with E-state index in [4.69, 9.17) is 9.84 Å². The number of aliphatic carboxylic acids is 1. The fourth-order valence-corrected chi connectivity index (χ4v) is 4.67. The molecule has 40 heavy (non-hydrogen) atoms. The summed E-state index contributed by atoms with van der Waals surface area (Å²) in [5, 5.41) is 19.6. The number of hydrogen-bond acceptors (Lipinski definition) is 5. The average Bonchev–Trinajstić information content (AvgIpc) is 2.89. The molecule has 2 N–H and O–H groups in total. The number of ether oxygens (including phenoxy) is 1. The van der Waals surface area contributed by atoms with E-state index in [1.165, 1.54) is 6.08 Å². The number of Topliss-reactive ketones (excluding diaryl/α,β-unsaturated/α-hetero) is 1. The van der Waals surface area contributed by atoms with Crippen LogP contribution in [0.2, 0.25) is 0 Å². The first kappa shape index (κ1) is 34.8. The summed E-state index contributed by atoms with van der Waals surface area (Å²) in [6.07, 6.45) is 16.4. The molecule has 1 aliphatic heterocycles. The third-order valence-electron chi connectivity index (χ3n) is 7.34. The Morgan fingerprint density at radius 3 is 2.33 bits per heavy atom. The van der Waals surface area contributed by atoms with Gasteiger partial charge in [0.05, 0.1) is 6.10 Å². The van der Waals surface area contributed by atoms with Crippen LogP contribution in [0.4, 0.5) is 0 Å². The number of ketones is 1. The minimum Gasteiger partial charge on any atom is -0.478 e. The molecule has 0 unspecified atom stereocenters. The Bertz CT molecular complexity index is 1100. The minimum atomic E-state index is -1.02. The van der Waals surface area contributed by atoms with E-state index >= 15 is 0 Å². The molecule has 220 valence electrons. The van der Waals surface area contributed by atoms with Crippen LogP contribution in [0.25, 0.3) is 0 Å². The first-order chi connectivity index (χ1) is 18.7. The van der Waals surface area contributed by atoms with Crippen LogP contribution in [0, 0.1) is 29.6 Å². The second kappa shape index (κ2) is 16.8. The van der Waals surface area contributed by atoms with E-state index in [0.717, 1.165) is 29.2 Å². The van der Waals surface area contributed by atoms with Crippen molar-refractivity contribution in [2.24, 2.45) is 29.6 Å². The van der Waals surface area contributed by atoms with Crippen molar-refractivity contribution in [1.82, 2.24) is 0 Å². The molecule has 0 saturated heterocycles. The molecule has 0 saturated carbocycles. The lowest BCUT2D eigenvalue weighted by Gasteiger charge is -2.25. The maximum atomic E-state index is 13.0. The lowest BCUT2D eigenvalue weighted by atomic mass is 9.83. The number of cyclic esters (lactones) is 1. The van der Waals surface area contributed by atoms with Crippen molar-refractivity contribution < 1.29 is 29.3 Å². The van der Waals surface area contributed by atoms with Gasteiger partial charge in [-0.15, -0.1) is 0 Å². The molecule has 6 heteroatoms. The third kappa shape index (κ3) is 11.9. The summed E-state index contributed by atoms with van der Waals surface area (Å²) >= 11 is 0. The van der Waals surface area contributed by atoms with Crippen LogP contribution >= 0.6 is 0 Å². The first-order valence-corrected chi connectivity index (χ1v) is 14.1. The van der Waals surface area contributed by atoms with Crippen molar-refractivity contribution in [3.63, 3.8) is 0 Å². The summed E-state index contributed by atoms with van der Waals surface area (Å²) in [5.74, 6) is -2.38. The number of carbonyl (C=O) groups excluding carboxylic acids is 2. The molecule has 1 rings (SSSR count). The van der Waals surface area contributed by atoms with E-state index in [9.17, 15) is 19.5 Å². The molecular weight excluding hydrogens is 504 g/mol. The lowest BCUT2D eigenvalue weighted by molar-refractivity contribution is -0.143. The van der Waals surface area contributed by atoms with Gasteiger partial charge in [0, 0.05) is 29.9 Å². The van der Waals surface area contributed by atoms with Crippen molar-refractivity contribution in [2.45, 2.75) is 80.4 Å². The molecule has 6 nitrogen and oxygen atoms in total. The van der Waals surface area contributed by atoms with Gasteiger partial charge in [0.15, 0.2) is 0 Å². The molecule has 7 atom stereocenters. The molecule has 0 radical (unpaired) electrons. The van der Waals surface area contributed by atoms with Crippen LogP contribution in [0.15, 0.2) is 83.6 Å². The number of rotatable bonds is 15. The Morgan fingerprint density at radius 2 is 1.73 bits per heavy atom. The summed E-state index contributed by atoms with van der Waals surface area (Å²) in [6, 6.07) is 0. The van der Waals surface area contributed by atoms with Gasteiger partial charge in [0.25, 0.3) is 0 Å². The van der Waals surface area contributed by atoms with Gasteiger partial charge in [-0.25, -0.2) is 9.59 Å². The number of carboxylic acids is 1. The zero-order valence-corrected chi connectivity index (χ0v) is 25.4. The Hall–Kier alpha value is -3.25. The number of carboxylic acid groups (broad SMARTS) is 1.